The van der Waals surface area contributed by atoms with Crippen molar-refractivity contribution in [2.24, 2.45) is 4.99 Å². The zero-order chi connectivity index (χ0) is 21.5. The Morgan fingerprint density at radius 3 is 2.50 bits per heavy atom. The second kappa shape index (κ2) is 9.93. The summed E-state index contributed by atoms with van der Waals surface area (Å²) in [7, 11) is 0. The maximum atomic E-state index is 12.1. The van der Waals surface area contributed by atoms with Crippen molar-refractivity contribution in [3.8, 4) is 17.2 Å². The van der Waals surface area contributed by atoms with Crippen molar-refractivity contribution in [3.05, 3.63) is 46.0 Å². The average molecular weight is 414 g/mol. The summed E-state index contributed by atoms with van der Waals surface area (Å²) >= 11 is 0. The Bertz CT molecular complexity index is 925. The molecule has 9 heteroatoms. The average Bonchev–Trinajstić information content (AvgIpc) is 2.75. The minimum atomic E-state index is -0.549. The number of morpholine rings is 1. The lowest BCUT2D eigenvalue weighted by Gasteiger charge is -2.30. The van der Waals surface area contributed by atoms with Crippen LogP contribution in [0.3, 0.4) is 0 Å². The Morgan fingerprint density at radius 2 is 1.83 bits per heavy atom. The van der Waals surface area contributed by atoms with E-state index in [-0.39, 0.29) is 17.0 Å². The number of nitro benzene ring substituents is 1. The lowest BCUT2D eigenvalue weighted by Crippen LogP contribution is -2.36. The quantitative estimate of drug-likeness (QED) is 0.371. The van der Waals surface area contributed by atoms with Crippen LogP contribution in [-0.2, 0) is 4.74 Å². The van der Waals surface area contributed by atoms with Gasteiger partial charge in [-0.15, -0.1) is 0 Å². The van der Waals surface area contributed by atoms with Crippen LogP contribution in [0.25, 0.3) is 0 Å². The number of hydrogen-bond donors (Lipinski definition) is 0. The predicted molar refractivity (Wildman–Crippen MR) is 112 cm³/mol. The maximum absolute atomic E-state index is 12.1. The molecular weight excluding hydrogens is 390 g/mol. The van der Waals surface area contributed by atoms with Crippen LogP contribution in [0.4, 0.5) is 17.1 Å². The third-order valence-corrected chi connectivity index (χ3v) is 4.54. The lowest BCUT2D eigenvalue weighted by atomic mass is 10.2. The summed E-state index contributed by atoms with van der Waals surface area (Å²) in [6.07, 6.45) is 1.32. The molecule has 0 spiro atoms. The van der Waals surface area contributed by atoms with Crippen LogP contribution < -0.4 is 19.5 Å². The van der Waals surface area contributed by atoms with Gasteiger partial charge in [0.2, 0.25) is 0 Å². The molecule has 1 heterocycles. The van der Waals surface area contributed by atoms with Crippen molar-refractivity contribution in [3.63, 3.8) is 0 Å². The lowest BCUT2D eigenvalue weighted by molar-refractivity contribution is -0.385. The molecule has 0 aliphatic carbocycles. The molecule has 9 nitrogen and oxygen atoms in total. The van der Waals surface area contributed by atoms with Crippen molar-refractivity contribution in [2.45, 2.75) is 13.8 Å². The fourth-order valence-corrected chi connectivity index (χ4v) is 3.12. The van der Waals surface area contributed by atoms with Gasteiger partial charge in [-0.25, -0.2) is 0 Å². The van der Waals surface area contributed by atoms with Crippen LogP contribution in [0.1, 0.15) is 19.4 Å². The molecule has 1 fully saturated rings. The Hall–Kier alpha value is -3.33. The highest BCUT2D eigenvalue weighted by molar-refractivity contribution is 5.87. The highest BCUT2D eigenvalue weighted by Gasteiger charge is 2.19. The summed E-state index contributed by atoms with van der Waals surface area (Å²) in [5.74, 6) is 0.838. The van der Waals surface area contributed by atoms with Crippen LogP contribution >= 0.6 is 0 Å². The molecule has 160 valence electrons. The second-order valence-electron chi connectivity index (χ2n) is 6.49. The van der Waals surface area contributed by atoms with Gasteiger partial charge in [0.05, 0.1) is 37.0 Å². The molecule has 2 aromatic rings. The van der Waals surface area contributed by atoms with Gasteiger partial charge in [-0.3, -0.25) is 15.1 Å². The molecule has 1 aliphatic heterocycles. The summed E-state index contributed by atoms with van der Waals surface area (Å²) in [5.41, 5.74) is 1.33. The minimum Gasteiger partial charge on any atom is -0.872 e. The first kappa shape index (κ1) is 21.4. The maximum Gasteiger partial charge on any atom is 0.270 e. The topological polar surface area (TPSA) is 109 Å². The van der Waals surface area contributed by atoms with E-state index in [0.29, 0.717) is 43.6 Å². The molecule has 0 unspecified atom stereocenters. The van der Waals surface area contributed by atoms with E-state index in [9.17, 15) is 15.2 Å². The first-order chi connectivity index (χ1) is 14.5. The molecule has 1 aliphatic rings. The van der Waals surface area contributed by atoms with Gasteiger partial charge < -0.3 is 24.2 Å². The third-order valence-electron chi connectivity index (χ3n) is 4.54. The minimum absolute atomic E-state index is 0.127. The largest absolute Gasteiger partial charge is 0.872 e. The van der Waals surface area contributed by atoms with Gasteiger partial charge in [0, 0.05) is 43.6 Å². The van der Waals surface area contributed by atoms with E-state index < -0.39 is 4.92 Å². The molecule has 0 amide bonds. The second-order valence-corrected chi connectivity index (χ2v) is 6.49. The van der Waals surface area contributed by atoms with Crippen LogP contribution in [0.2, 0.25) is 0 Å². The van der Waals surface area contributed by atoms with Gasteiger partial charge in [-0.1, -0.05) is 11.8 Å². The van der Waals surface area contributed by atoms with Gasteiger partial charge in [-0.2, -0.15) is 0 Å². The van der Waals surface area contributed by atoms with Crippen molar-refractivity contribution in [1.82, 2.24) is 0 Å². The number of nitrogens with zero attached hydrogens (tertiary/aromatic N) is 3. The Morgan fingerprint density at radius 1 is 1.13 bits per heavy atom. The Balaban J connectivity index is 2.00. The summed E-state index contributed by atoms with van der Waals surface area (Å²) in [6, 6.07) is 7.18. The van der Waals surface area contributed by atoms with Crippen molar-refractivity contribution in [2.75, 3.05) is 44.4 Å². The molecule has 3 rings (SSSR count). The highest BCUT2D eigenvalue weighted by Crippen LogP contribution is 2.40. The number of ether oxygens (including phenoxy) is 3. The predicted octanol–water partition coefficient (Wildman–Crippen LogP) is 3.05. The molecule has 1 saturated heterocycles. The van der Waals surface area contributed by atoms with Crippen LogP contribution in [0.15, 0.2) is 35.3 Å². The first-order valence-corrected chi connectivity index (χ1v) is 9.79. The van der Waals surface area contributed by atoms with Crippen molar-refractivity contribution < 1.29 is 24.2 Å². The highest BCUT2D eigenvalue weighted by atomic mass is 16.6. The monoisotopic (exact) mass is 414 g/mol. The number of non-ortho nitro benzene ring substituents is 1. The van der Waals surface area contributed by atoms with Crippen LogP contribution in [0.5, 0.6) is 17.2 Å². The zero-order valence-corrected chi connectivity index (χ0v) is 17.0. The zero-order valence-electron chi connectivity index (χ0n) is 17.0. The van der Waals surface area contributed by atoms with Crippen molar-refractivity contribution >= 4 is 23.3 Å². The van der Waals surface area contributed by atoms with E-state index in [1.165, 1.54) is 18.3 Å². The van der Waals surface area contributed by atoms with E-state index in [2.05, 4.69) is 9.89 Å². The molecule has 0 saturated carbocycles. The summed E-state index contributed by atoms with van der Waals surface area (Å²) in [6.45, 7) is 7.42. The van der Waals surface area contributed by atoms with Gasteiger partial charge in [-0.05, 0) is 19.4 Å². The van der Waals surface area contributed by atoms with E-state index in [1.54, 1.807) is 6.07 Å². The van der Waals surface area contributed by atoms with Crippen LogP contribution in [-0.4, -0.2) is 50.7 Å². The normalized spacial score (nSPS) is 14.1. The molecule has 30 heavy (non-hydrogen) atoms. The smallest absolute Gasteiger partial charge is 0.270 e. The molecule has 0 radical (unpaired) electrons. The summed E-state index contributed by atoms with van der Waals surface area (Å²) in [5, 5.41) is 23.1. The number of benzene rings is 2. The van der Waals surface area contributed by atoms with Gasteiger partial charge in [0.25, 0.3) is 5.69 Å². The number of nitro groups is 1. The van der Waals surface area contributed by atoms with E-state index in [1.807, 2.05) is 19.9 Å². The molecular formula is C21H24N3O6-. The Kier molecular flexibility index (Phi) is 7.08. The first-order valence-electron chi connectivity index (χ1n) is 9.79. The SMILES string of the molecule is CCOc1cc(N2CCOCC2)c(OCC)cc1N=Cc1cc([N+](=O)[O-])ccc1[O-]. The van der Waals surface area contributed by atoms with E-state index in [4.69, 9.17) is 14.2 Å². The van der Waals surface area contributed by atoms with Gasteiger partial charge >= 0.3 is 0 Å². The number of hydrogen-bond acceptors (Lipinski definition) is 8. The molecule has 0 atom stereocenters. The standard InChI is InChI=1S/C21H25N3O6/c1-3-29-20-13-18(23-7-9-28-10-8-23)21(30-4-2)12-17(20)22-14-15-11-16(24(26)27)5-6-19(15)25/h5-6,11-14,25H,3-4,7-10H2,1-2H3/p-1. The third kappa shape index (κ3) is 4.98. The Labute approximate surface area is 174 Å². The van der Waals surface area contributed by atoms with Crippen LogP contribution in [0, 0.1) is 10.1 Å². The molecule has 0 bridgehead atoms. The van der Waals surface area contributed by atoms with E-state index in [0.717, 1.165) is 24.8 Å². The fourth-order valence-electron chi connectivity index (χ4n) is 3.12. The molecule has 2 aromatic carbocycles. The number of anilines is 1. The number of rotatable bonds is 8. The number of aliphatic imine (C=N–C) groups is 1. The summed E-state index contributed by atoms with van der Waals surface area (Å²) < 4.78 is 17.0. The van der Waals surface area contributed by atoms with Crippen molar-refractivity contribution in [1.29, 1.82) is 0 Å². The van der Waals surface area contributed by atoms with Gasteiger partial charge in [0.1, 0.15) is 17.2 Å². The fraction of sp³-hybridized carbons (Fsp3) is 0.381. The van der Waals surface area contributed by atoms with Gasteiger partial charge in [0.15, 0.2) is 0 Å². The van der Waals surface area contributed by atoms with E-state index >= 15 is 0 Å². The molecule has 0 N–H and O–H groups in total. The summed E-state index contributed by atoms with van der Waals surface area (Å²) in [4.78, 5) is 17.0. The molecule has 0 aromatic heterocycles.